The van der Waals surface area contributed by atoms with Crippen LogP contribution in [0.3, 0.4) is 0 Å². The Hall–Kier alpha value is -0.440. The third-order valence-electron chi connectivity index (χ3n) is 2.35. The maximum absolute atomic E-state index is 12.8. The van der Waals surface area contributed by atoms with Crippen LogP contribution in [-0.2, 0) is 0 Å². The zero-order valence-corrected chi connectivity index (χ0v) is 8.14. The molecule has 12 heavy (non-hydrogen) atoms. The lowest BCUT2D eigenvalue weighted by Gasteiger charge is -2.24. The summed E-state index contributed by atoms with van der Waals surface area (Å²) in [5.74, 6) is 0.292. The number of nitrogens with zero attached hydrogens (tertiary/aromatic N) is 1. The predicted molar refractivity (Wildman–Crippen MR) is 48.5 cm³/mol. The van der Waals surface area contributed by atoms with Crippen LogP contribution in [-0.4, -0.2) is 4.98 Å². The van der Waals surface area contributed by atoms with E-state index in [9.17, 15) is 4.39 Å². The second kappa shape index (κ2) is 3.13. The van der Waals surface area contributed by atoms with E-state index in [0.717, 1.165) is 5.69 Å². The van der Waals surface area contributed by atoms with Crippen LogP contribution < -0.4 is 0 Å². The monoisotopic (exact) mass is 229 g/mol. The molecule has 0 saturated heterocycles. The van der Waals surface area contributed by atoms with Crippen molar-refractivity contribution in [1.82, 2.24) is 4.98 Å². The van der Waals surface area contributed by atoms with E-state index in [-0.39, 0.29) is 5.82 Å². The average Bonchev–Trinajstić information content (AvgIpc) is 1.93. The first-order valence-corrected chi connectivity index (χ1v) is 4.87. The molecule has 1 aliphatic carbocycles. The fourth-order valence-electron chi connectivity index (χ4n) is 1.36. The highest BCUT2D eigenvalue weighted by molar-refractivity contribution is 9.10. The minimum Gasteiger partial charge on any atom is -0.258 e. The molecular formula is C9H9BrFN. The minimum atomic E-state index is -0.280. The molecule has 0 radical (unpaired) electrons. The number of aromatic nitrogens is 1. The lowest BCUT2D eigenvalue weighted by Crippen LogP contribution is -2.10. The number of hydrogen-bond donors (Lipinski definition) is 0. The quantitative estimate of drug-likeness (QED) is 0.721. The third kappa shape index (κ3) is 1.38. The Morgan fingerprint density at radius 2 is 2.25 bits per heavy atom. The molecule has 1 aromatic rings. The molecule has 1 nitrogen and oxygen atoms in total. The van der Waals surface area contributed by atoms with Crippen LogP contribution in [0.2, 0.25) is 0 Å². The summed E-state index contributed by atoms with van der Waals surface area (Å²) < 4.78 is 13.3. The van der Waals surface area contributed by atoms with Gasteiger partial charge in [0, 0.05) is 11.6 Å². The normalized spacial score (nSPS) is 17.5. The molecular weight excluding hydrogens is 221 g/mol. The van der Waals surface area contributed by atoms with Crippen LogP contribution in [0, 0.1) is 5.82 Å². The second-order valence-electron chi connectivity index (χ2n) is 3.15. The lowest BCUT2D eigenvalue weighted by atomic mass is 9.83. The zero-order valence-electron chi connectivity index (χ0n) is 6.56. The van der Waals surface area contributed by atoms with Crippen LogP contribution >= 0.6 is 15.9 Å². The Labute approximate surface area is 79.1 Å². The van der Waals surface area contributed by atoms with Crippen LogP contribution in [0.15, 0.2) is 16.7 Å². The van der Waals surface area contributed by atoms with Crippen molar-refractivity contribution < 1.29 is 4.39 Å². The molecule has 0 aromatic carbocycles. The Bertz CT molecular complexity index is 297. The van der Waals surface area contributed by atoms with Gasteiger partial charge in [-0.05, 0) is 34.8 Å². The first kappa shape index (κ1) is 8.17. The molecule has 0 unspecified atom stereocenters. The third-order valence-corrected chi connectivity index (χ3v) is 2.96. The lowest BCUT2D eigenvalue weighted by molar-refractivity contribution is 0.409. The van der Waals surface area contributed by atoms with Crippen LogP contribution in [0.4, 0.5) is 4.39 Å². The van der Waals surface area contributed by atoms with Gasteiger partial charge in [-0.1, -0.05) is 6.42 Å². The summed E-state index contributed by atoms with van der Waals surface area (Å²) in [4.78, 5) is 4.06. The van der Waals surface area contributed by atoms with Crippen molar-refractivity contribution in [1.29, 1.82) is 0 Å². The zero-order chi connectivity index (χ0) is 8.55. The van der Waals surface area contributed by atoms with Gasteiger partial charge in [0.1, 0.15) is 0 Å². The van der Waals surface area contributed by atoms with E-state index < -0.39 is 0 Å². The standard InChI is InChI=1S/C9H9BrFN/c10-7-4-9(6-2-1-3-6)12-5-8(7)11/h4-6H,1-3H2. The predicted octanol–water partition coefficient (Wildman–Crippen LogP) is 3.25. The molecule has 1 saturated carbocycles. The van der Waals surface area contributed by atoms with Gasteiger partial charge in [0.15, 0.2) is 5.82 Å². The summed E-state index contributed by atoms with van der Waals surface area (Å²) in [6.07, 6.45) is 4.97. The fourth-order valence-corrected chi connectivity index (χ4v) is 1.69. The molecule has 0 bridgehead atoms. The maximum Gasteiger partial charge on any atom is 0.155 e. The van der Waals surface area contributed by atoms with E-state index in [4.69, 9.17) is 0 Å². The van der Waals surface area contributed by atoms with Gasteiger partial charge < -0.3 is 0 Å². The van der Waals surface area contributed by atoms with Crippen molar-refractivity contribution in [3.8, 4) is 0 Å². The highest BCUT2D eigenvalue weighted by Crippen LogP contribution is 2.36. The van der Waals surface area contributed by atoms with Crippen molar-refractivity contribution in [2.24, 2.45) is 0 Å². The van der Waals surface area contributed by atoms with Gasteiger partial charge in [-0.25, -0.2) is 4.39 Å². The molecule has 1 aromatic heterocycles. The van der Waals surface area contributed by atoms with Gasteiger partial charge >= 0.3 is 0 Å². The summed E-state index contributed by atoms with van der Waals surface area (Å²) >= 11 is 3.15. The molecule has 64 valence electrons. The first-order valence-electron chi connectivity index (χ1n) is 4.08. The SMILES string of the molecule is Fc1cnc(C2CCC2)cc1Br. The largest absolute Gasteiger partial charge is 0.258 e. The Kier molecular flexibility index (Phi) is 2.13. The Morgan fingerprint density at radius 3 is 2.75 bits per heavy atom. The van der Waals surface area contributed by atoms with E-state index in [1.807, 2.05) is 0 Å². The van der Waals surface area contributed by atoms with Crippen molar-refractivity contribution in [3.05, 3.63) is 28.2 Å². The van der Waals surface area contributed by atoms with Crippen LogP contribution in [0.25, 0.3) is 0 Å². The Balaban J connectivity index is 2.27. The molecule has 1 heterocycles. The van der Waals surface area contributed by atoms with Crippen molar-refractivity contribution >= 4 is 15.9 Å². The van der Waals surface area contributed by atoms with Crippen molar-refractivity contribution in [3.63, 3.8) is 0 Å². The van der Waals surface area contributed by atoms with Crippen LogP contribution in [0.5, 0.6) is 0 Å². The van der Waals surface area contributed by atoms with Gasteiger partial charge in [0.25, 0.3) is 0 Å². The summed E-state index contributed by atoms with van der Waals surface area (Å²) in [7, 11) is 0. The highest BCUT2D eigenvalue weighted by atomic mass is 79.9. The molecule has 2 rings (SSSR count). The molecule has 1 fully saturated rings. The van der Waals surface area contributed by atoms with E-state index in [1.165, 1.54) is 25.5 Å². The second-order valence-corrected chi connectivity index (χ2v) is 4.01. The smallest absolute Gasteiger partial charge is 0.155 e. The topological polar surface area (TPSA) is 12.9 Å². The number of hydrogen-bond acceptors (Lipinski definition) is 1. The summed E-state index contributed by atoms with van der Waals surface area (Å²) in [5, 5.41) is 0. The molecule has 0 amide bonds. The summed E-state index contributed by atoms with van der Waals surface area (Å²) in [5.41, 5.74) is 1.02. The highest BCUT2D eigenvalue weighted by Gasteiger charge is 2.21. The van der Waals surface area contributed by atoms with E-state index in [1.54, 1.807) is 6.07 Å². The van der Waals surface area contributed by atoms with Gasteiger partial charge in [-0.2, -0.15) is 0 Å². The van der Waals surface area contributed by atoms with Gasteiger partial charge in [-0.15, -0.1) is 0 Å². The number of pyridine rings is 1. The first-order chi connectivity index (χ1) is 5.77. The molecule has 1 aliphatic rings. The molecule has 3 heteroatoms. The van der Waals surface area contributed by atoms with Gasteiger partial charge in [0.05, 0.1) is 10.7 Å². The van der Waals surface area contributed by atoms with E-state index in [0.29, 0.717) is 10.4 Å². The fraction of sp³-hybridized carbons (Fsp3) is 0.444. The number of halogens is 2. The number of rotatable bonds is 1. The minimum absolute atomic E-state index is 0.280. The summed E-state index contributed by atoms with van der Waals surface area (Å²) in [6.45, 7) is 0. The van der Waals surface area contributed by atoms with Crippen molar-refractivity contribution in [2.75, 3.05) is 0 Å². The molecule has 0 aliphatic heterocycles. The van der Waals surface area contributed by atoms with Gasteiger partial charge in [0.2, 0.25) is 0 Å². The molecule has 0 spiro atoms. The molecule has 0 N–H and O–H groups in total. The van der Waals surface area contributed by atoms with E-state index in [2.05, 4.69) is 20.9 Å². The Morgan fingerprint density at radius 1 is 1.50 bits per heavy atom. The van der Waals surface area contributed by atoms with Crippen LogP contribution in [0.1, 0.15) is 30.9 Å². The average molecular weight is 230 g/mol. The summed E-state index contributed by atoms with van der Waals surface area (Å²) in [6, 6.07) is 1.79. The molecule has 0 atom stereocenters. The van der Waals surface area contributed by atoms with Gasteiger partial charge in [-0.3, -0.25) is 4.98 Å². The van der Waals surface area contributed by atoms with E-state index >= 15 is 0 Å². The van der Waals surface area contributed by atoms with Crippen molar-refractivity contribution in [2.45, 2.75) is 25.2 Å². The maximum atomic E-state index is 12.8.